The zero-order valence-electron chi connectivity index (χ0n) is 13.7. The van der Waals surface area contributed by atoms with Crippen molar-refractivity contribution in [1.82, 2.24) is 15.1 Å². The Morgan fingerprint density at radius 3 is 2.55 bits per heavy atom. The number of hydrogen-bond acceptors (Lipinski definition) is 4. The van der Waals surface area contributed by atoms with Crippen molar-refractivity contribution in [3.8, 4) is 0 Å². The van der Waals surface area contributed by atoms with E-state index in [1.54, 1.807) is 18.0 Å². The molecule has 1 N–H and O–H groups in total. The number of hydrogen-bond donors (Lipinski definition) is 1. The molecule has 0 aromatic carbocycles. The quantitative estimate of drug-likeness (QED) is 0.916. The van der Waals surface area contributed by atoms with Gasteiger partial charge in [-0.25, -0.2) is 8.42 Å². The van der Waals surface area contributed by atoms with E-state index in [0.717, 1.165) is 25.0 Å². The van der Waals surface area contributed by atoms with Crippen LogP contribution in [0.1, 0.15) is 61.6 Å². The normalized spacial score (nSPS) is 22.8. The van der Waals surface area contributed by atoms with Crippen molar-refractivity contribution in [3.63, 3.8) is 0 Å². The van der Waals surface area contributed by atoms with Gasteiger partial charge in [0.15, 0.2) is 9.84 Å². The number of sulfone groups is 1. The second-order valence-electron chi connectivity index (χ2n) is 6.50. The highest BCUT2D eigenvalue weighted by molar-refractivity contribution is 7.91. The van der Waals surface area contributed by atoms with Crippen molar-refractivity contribution in [1.29, 1.82) is 0 Å². The summed E-state index contributed by atoms with van der Waals surface area (Å²) in [6.07, 6.45) is 4.46. The molecule has 7 heteroatoms. The molecule has 1 aromatic rings. The highest BCUT2D eigenvalue weighted by Crippen LogP contribution is 2.28. The average molecular weight is 327 g/mol. The van der Waals surface area contributed by atoms with Gasteiger partial charge in [-0.2, -0.15) is 5.10 Å². The summed E-state index contributed by atoms with van der Waals surface area (Å²) >= 11 is 0. The Hall–Kier alpha value is -1.37. The van der Waals surface area contributed by atoms with Crippen LogP contribution in [0.5, 0.6) is 0 Å². The van der Waals surface area contributed by atoms with E-state index < -0.39 is 15.1 Å². The predicted molar refractivity (Wildman–Crippen MR) is 85.7 cm³/mol. The Morgan fingerprint density at radius 2 is 2.00 bits per heavy atom. The van der Waals surface area contributed by atoms with Crippen molar-refractivity contribution in [2.45, 2.75) is 56.7 Å². The number of aromatic nitrogens is 2. The van der Waals surface area contributed by atoms with E-state index in [0.29, 0.717) is 12.1 Å². The molecule has 22 heavy (non-hydrogen) atoms. The van der Waals surface area contributed by atoms with Gasteiger partial charge in [-0.05, 0) is 24.8 Å². The first kappa shape index (κ1) is 17.0. The third kappa shape index (κ3) is 3.51. The zero-order valence-corrected chi connectivity index (χ0v) is 14.5. The van der Waals surface area contributed by atoms with Gasteiger partial charge in [-0.3, -0.25) is 9.89 Å². The molecule has 2 atom stereocenters. The molecule has 0 bridgehead atoms. The predicted octanol–water partition coefficient (Wildman–Crippen LogP) is 1.96. The molecule has 0 radical (unpaired) electrons. The standard InChI is InChI=1S/C15H25N3O3S/c1-10(2)11-9-12(17-16-11)15(19)18(3)13-7-5-6-8-14(13)22(4,20)21/h9-10,13-14H,5-8H2,1-4H3,(H,16,17)/t13-,14+/m0/s1. The smallest absolute Gasteiger partial charge is 0.274 e. The summed E-state index contributed by atoms with van der Waals surface area (Å²) < 4.78 is 24.0. The van der Waals surface area contributed by atoms with Crippen LogP contribution in [0.15, 0.2) is 6.07 Å². The summed E-state index contributed by atoms with van der Waals surface area (Å²) in [5, 5.41) is 6.47. The number of amides is 1. The fourth-order valence-corrected chi connectivity index (χ4v) is 4.58. The van der Waals surface area contributed by atoms with Crippen molar-refractivity contribution in [2.24, 2.45) is 0 Å². The lowest BCUT2D eigenvalue weighted by Crippen LogP contribution is -2.49. The van der Waals surface area contributed by atoms with E-state index in [1.165, 1.54) is 6.26 Å². The van der Waals surface area contributed by atoms with Gasteiger partial charge < -0.3 is 4.90 Å². The molecule has 0 spiro atoms. The van der Waals surface area contributed by atoms with E-state index in [4.69, 9.17) is 0 Å². The van der Waals surface area contributed by atoms with Crippen LogP contribution in [0.4, 0.5) is 0 Å². The molecule has 1 aliphatic rings. The molecule has 6 nitrogen and oxygen atoms in total. The maximum atomic E-state index is 12.6. The van der Waals surface area contributed by atoms with Gasteiger partial charge in [0, 0.05) is 25.0 Å². The lowest BCUT2D eigenvalue weighted by Gasteiger charge is -2.36. The van der Waals surface area contributed by atoms with Crippen LogP contribution in [-0.2, 0) is 9.84 Å². The largest absolute Gasteiger partial charge is 0.336 e. The Bertz CT molecular complexity index is 636. The fourth-order valence-electron chi connectivity index (χ4n) is 3.09. The second-order valence-corrected chi connectivity index (χ2v) is 8.76. The summed E-state index contributed by atoms with van der Waals surface area (Å²) in [6, 6.07) is 1.48. The second kappa shape index (κ2) is 6.40. The number of carbonyl (C=O) groups excluding carboxylic acids is 1. The number of H-pyrrole nitrogens is 1. The van der Waals surface area contributed by atoms with Gasteiger partial charge in [0.05, 0.1) is 5.25 Å². The Morgan fingerprint density at radius 1 is 1.36 bits per heavy atom. The topological polar surface area (TPSA) is 83.1 Å². The minimum Gasteiger partial charge on any atom is -0.336 e. The van der Waals surface area contributed by atoms with Crippen LogP contribution >= 0.6 is 0 Å². The van der Waals surface area contributed by atoms with E-state index in [2.05, 4.69) is 10.2 Å². The average Bonchev–Trinajstić information content (AvgIpc) is 2.95. The molecule has 1 aliphatic carbocycles. The van der Waals surface area contributed by atoms with Crippen LogP contribution < -0.4 is 0 Å². The van der Waals surface area contributed by atoms with E-state index in [9.17, 15) is 13.2 Å². The van der Waals surface area contributed by atoms with Crippen LogP contribution in [-0.4, -0.2) is 54.0 Å². The Balaban J connectivity index is 2.20. The molecule has 1 fully saturated rings. The van der Waals surface area contributed by atoms with Crippen LogP contribution in [0.3, 0.4) is 0 Å². The number of aromatic amines is 1. The Kier molecular flexibility index (Phi) is 4.94. The highest BCUT2D eigenvalue weighted by atomic mass is 32.2. The molecule has 1 saturated carbocycles. The first-order valence-corrected chi connectivity index (χ1v) is 9.68. The number of rotatable bonds is 4. The van der Waals surface area contributed by atoms with Gasteiger partial charge >= 0.3 is 0 Å². The van der Waals surface area contributed by atoms with Crippen LogP contribution in [0, 0.1) is 0 Å². The first-order chi connectivity index (χ1) is 10.2. The summed E-state index contributed by atoms with van der Waals surface area (Å²) in [5.74, 6) is 0.0431. The molecule has 1 amide bonds. The molecule has 0 unspecified atom stereocenters. The first-order valence-electron chi connectivity index (χ1n) is 7.73. The molecule has 0 aliphatic heterocycles. The summed E-state index contributed by atoms with van der Waals surface area (Å²) in [5.41, 5.74) is 1.25. The van der Waals surface area contributed by atoms with E-state index in [1.807, 2.05) is 13.8 Å². The number of carbonyl (C=O) groups is 1. The molecule has 2 rings (SSSR count). The molecular weight excluding hydrogens is 302 g/mol. The monoisotopic (exact) mass is 327 g/mol. The van der Waals surface area contributed by atoms with Crippen molar-refractivity contribution in [3.05, 3.63) is 17.5 Å². The van der Waals surface area contributed by atoms with Gasteiger partial charge in [-0.15, -0.1) is 0 Å². The minimum atomic E-state index is -3.17. The lowest BCUT2D eigenvalue weighted by molar-refractivity contribution is 0.0694. The Labute approximate surface area is 132 Å². The summed E-state index contributed by atoms with van der Waals surface area (Å²) in [4.78, 5) is 14.2. The van der Waals surface area contributed by atoms with Crippen molar-refractivity contribution >= 4 is 15.7 Å². The van der Waals surface area contributed by atoms with Gasteiger partial charge in [0.2, 0.25) is 0 Å². The van der Waals surface area contributed by atoms with E-state index >= 15 is 0 Å². The third-order valence-corrected chi connectivity index (χ3v) is 6.12. The van der Waals surface area contributed by atoms with Gasteiger partial charge in [0.1, 0.15) is 5.69 Å². The molecular formula is C15H25N3O3S. The summed E-state index contributed by atoms with van der Waals surface area (Å²) in [6.45, 7) is 4.04. The minimum absolute atomic E-state index is 0.219. The maximum Gasteiger partial charge on any atom is 0.274 e. The zero-order chi connectivity index (χ0) is 16.5. The molecule has 1 aromatic heterocycles. The molecule has 1 heterocycles. The number of nitrogens with zero attached hydrogens (tertiary/aromatic N) is 2. The van der Waals surface area contributed by atoms with Gasteiger partial charge in [0.25, 0.3) is 5.91 Å². The van der Waals surface area contributed by atoms with Crippen molar-refractivity contribution < 1.29 is 13.2 Å². The van der Waals surface area contributed by atoms with Gasteiger partial charge in [-0.1, -0.05) is 26.7 Å². The fraction of sp³-hybridized carbons (Fsp3) is 0.733. The lowest BCUT2D eigenvalue weighted by atomic mass is 9.93. The third-order valence-electron chi connectivity index (χ3n) is 4.47. The molecule has 0 saturated heterocycles. The van der Waals surface area contributed by atoms with Crippen LogP contribution in [0.2, 0.25) is 0 Å². The SMILES string of the molecule is CC(C)c1cc(C(=O)N(C)[C@H]2CCCC[C@H]2S(C)(=O)=O)n[nH]1. The molecule has 124 valence electrons. The van der Waals surface area contributed by atoms with Crippen LogP contribution in [0.25, 0.3) is 0 Å². The number of nitrogens with one attached hydrogen (secondary N) is 1. The van der Waals surface area contributed by atoms with Crippen molar-refractivity contribution in [2.75, 3.05) is 13.3 Å². The maximum absolute atomic E-state index is 12.6. The van der Waals surface area contributed by atoms with E-state index in [-0.39, 0.29) is 17.9 Å². The summed E-state index contributed by atoms with van der Waals surface area (Å²) in [7, 11) is -1.49. The highest BCUT2D eigenvalue weighted by Gasteiger charge is 2.37.